The largest absolute Gasteiger partial charge is 0.425 e. The van der Waals surface area contributed by atoms with Gasteiger partial charge in [0.1, 0.15) is 5.75 Å². The summed E-state index contributed by atoms with van der Waals surface area (Å²) in [5.41, 5.74) is -0.473. The number of carbonyl (C=O) groups excluding carboxylic acids is 1. The van der Waals surface area contributed by atoms with Crippen molar-refractivity contribution in [1.29, 1.82) is 0 Å². The van der Waals surface area contributed by atoms with Crippen molar-refractivity contribution in [2.75, 3.05) is 0 Å². The van der Waals surface area contributed by atoms with Crippen LogP contribution in [0.25, 0.3) is 21.5 Å². The smallest absolute Gasteiger partial charge is 0.316 e. The molecule has 0 aromatic heterocycles. The molecule has 0 unspecified atom stereocenters. The van der Waals surface area contributed by atoms with Crippen molar-refractivity contribution in [3.8, 4) is 5.75 Å². The number of hydrogen-bond donors (Lipinski definition) is 0. The highest BCUT2D eigenvalue weighted by molar-refractivity contribution is 6.01. The molecule has 2 heteroatoms. The van der Waals surface area contributed by atoms with Crippen LogP contribution >= 0.6 is 0 Å². The summed E-state index contributed by atoms with van der Waals surface area (Å²) in [6.07, 6.45) is 0.750. The Morgan fingerprint density at radius 1 is 0.955 bits per heavy atom. The van der Waals surface area contributed by atoms with Gasteiger partial charge in [0.25, 0.3) is 0 Å². The third-order valence-corrected chi connectivity index (χ3v) is 4.35. The molecule has 0 radical (unpaired) electrons. The van der Waals surface area contributed by atoms with E-state index in [1.54, 1.807) is 0 Å². The molecule has 3 aromatic rings. The fraction of sp³-hybridized carbons (Fsp3) is 0.250. The average molecular weight is 292 g/mol. The molecule has 0 bridgehead atoms. The van der Waals surface area contributed by atoms with Crippen LogP contribution in [-0.2, 0) is 4.79 Å². The topological polar surface area (TPSA) is 26.3 Å². The van der Waals surface area contributed by atoms with E-state index in [9.17, 15) is 4.79 Å². The van der Waals surface area contributed by atoms with Crippen LogP contribution in [0.4, 0.5) is 0 Å². The maximum absolute atomic E-state index is 12.4. The Hall–Kier alpha value is -2.35. The second kappa shape index (κ2) is 5.45. The lowest BCUT2D eigenvalue weighted by Gasteiger charge is -2.20. The summed E-state index contributed by atoms with van der Waals surface area (Å²) in [6, 6.07) is 18.3. The normalized spacial score (nSPS) is 11.8. The lowest BCUT2D eigenvalue weighted by atomic mass is 9.90. The molecule has 0 aliphatic carbocycles. The number of benzene rings is 3. The van der Waals surface area contributed by atoms with Crippen LogP contribution in [0.2, 0.25) is 0 Å². The Bertz CT molecular complexity index is 847. The number of ether oxygens (including phenoxy) is 1. The van der Waals surface area contributed by atoms with E-state index in [0.717, 1.165) is 22.6 Å². The molecule has 0 fully saturated rings. The SMILES string of the molecule is CCC(C)(C)C(=O)Oc1cccc2cc3ccccc3cc12. The Morgan fingerprint density at radius 2 is 1.59 bits per heavy atom. The molecule has 0 atom stereocenters. The fourth-order valence-electron chi connectivity index (χ4n) is 2.41. The molecule has 22 heavy (non-hydrogen) atoms. The Balaban J connectivity index is 2.10. The van der Waals surface area contributed by atoms with Gasteiger partial charge in [0.2, 0.25) is 0 Å². The Labute approximate surface area is 130 Å². The predicted molar refractivity (Wildman–Crippen MR) is 91.2 cm³/mol. The molecule has 0 aliphatic rings. The molecule has 0 aliphatic heterocycles. The number of hydrogen-bond acceptors (Lipinski definition) is 2. The van der Waals surface area contributed by atoms with Crippen LogP contribution < -0.4 is 4.74 Å². The van der Waals surface area contributed by atoms with Gasteiger partial charge in [0, 0.05) is 5.39 Å². The fourth-order valence-corrected chi connectivity index (χ4v) is 2.41. The van der Waals surface area contributed by atoms with Crippen molar-refractivity contribution in [2.45, 2.75) is 27.2 Å². The van der Waals surface area contributed by atoms with Gasteiger partial charge in [-0.05, 0) is 54.6 Å². The van der Waals surface area contributed by atoms with E-state index in [2.05, 4.69) is 24.3 Å². The third kappa shape index (κ3) is 2.57. The van der Waals surface area contributed by atoms with Gasteiger partial charge in [-0.2, -0.15) is 0 Å². The molecule has 0 saturated carbocycles. The molecule has 0 amide bonds. The molecular weight excluding hydrogens is 272 g/mol. The first-order chi connectivity index (χ1) is 10.5. The minimum Gasteiger partial charge on any atom is -0.425 e. The summed E-state index contributed by atoms with van der Waals surface area (Å²) in [5, 5.41) is 4.39. The van der Waals surface area contributed by atoms with Crippen LogP contribution in [0.5, 0.6) is 5.75 Å². The van der Waals surface area contributed by atoms with Crippen LogP contribution in [0.15, 0.2) is 54.6 Å². The number of esters is 1. The second-order valence-corrected chi connectivity index (χ2v) is 6.30. The molecule has 3 aromatic carbocycles. The molecule has 112 valence electrons. The van der Waals surface area contributed by atoms with Crippen molar-refractivity contribution in [1.82, 2.24) is 0 Å². The van der Waals surface area contributed by atoms with Gasteiger partial charge in [-0.25, -0.2) is 0 Å². The molecule has 3 rings (SSSR count). The second-order valence-electron chi connectivity index (χ2n) is 6.30. The van der Waals surface area contributed by atoms with E-state index in [-0.39, 0.29) is 5.97 Å². The first kappa shape index (κ1) is 14.6. The van der Waals surface area contributed by atoms with Crippen LogP contribution in [0.3, 0.4) is 0 Å². The summed E-state index contributed by atoms with van der Waals surface area (Å²) >= 11 is 0. The standard InChI is InChI=1S/C20H20O2/c1-4-20(2,3)19(21)22-18-11-7-10-16-12-14-8-5-6-9-15(14)13-17(16)18/h5-13H,4H2,1-3H3. The van der Waals surface area contributed by atoms with E-state index in [1.165, 1.54) is 5.39 Å². The molecule has 0 saturated heterocycles. The maximum atomic E-state index is 12.4. The summed E-state index contributed by atoms with van der Waals surface area (Å²) in [6.45, 7) is 5.82. The summed E-state index contributed by atoms with van der Waals surface area (Å²) < 4.78 is 5.69. The first-order valence-electron chi connectivity index (χ1n) is 7.65. The van der Waals surface area contributed by atoms with Crippen molar-refractivity contribution >= 4 is 27.5 Å². The average Bonchev–Trinajstić information content (AvgIpc) is 2.53. The van der Waals surface area contributed by atoms with E-state index < -0.39 is 5.41 Å². The van der Waals surface area contributed by atoms with E-state index >= 15 is 0 Å². The quantitative estimate of drug-likeness (QED) is 0.370. The zero-order valence-corrected chi connectivity index (χ0v) is 13.2. The Kier molecular flexibility index (Phi) is 3.61. The van der Waals surface area contributed by atoms with Gasteiger partial charge < -0.3 is 4.74 Å². The lowest BCUT2D eigenvalue weighted by molar-refractivity contribution is -0.144. The van der Waals surface area contributed by atoms with Gasteiger partial charge in [-0.3, -0.25) is 4.79 Å². The number of fused-ring (bicyclic) bond motifs is 2. The lowest BCUT2D eigenvalue weighted by Crippen LogP contribution is -2.28. The van der Waals surface area contributed by atoms with Crippen molar-refractivity contribution in [2.24, 2.45) is 5.41 Å². The number of carbonyl (C=O) groups is 1. The van der Waals surface area contributed by atoms with Crippen molar-refractivity contribution in [3.63, 3.8) is 0 Å². The molecular formula is C20H20O2. The highest BCUT2D eigenvalue weighted by Gasteiger charge is 2.28. The van der Waals surface area contributed by atoms with Gasteiger partial charge in [0.15, 0.2) is 0 Å². The Morgan fingerprint density at radius 3 is 2.27 bits per heavy atom. The van der Waals surface area contributed by atoms with Crippen molar-refractivity contribution < 1.29 is 9.53 Å². The summed E-state index contributed by atoms with van der Waals surface area (Å²) in [5.74, 6) is 0.449. The zero-order valence-electron chi connectivity index (χ0n) is 13.2. The minimum atomic E-state index is -0.473. The minimum absolute atomic E-state index is 0.185. The molecule has 0 N–H and O–H groups in total. The molecule has 2 nitrogen and oxygen atoms in total. The number of rotatable bonds is 3. The molecule has 0 spiro atoms. The van der Waals surface area contributed by atoms with Gasteiger partial charge in [0.05, 0.1) is 5.41 Å². The zero-order chi connectivity index (χ0) is 15.7. The van der Waals surface area contributed by atoms with Crippen LogP contribution in [-0.4, -0.2) is 5.97 Å². The monoisotopic (exact) mass is 292 g/mol. The van der Waals surface area contributed by atoms with Gasteiger partial charge >= 0.3 is 5.97 Å². The van der Waals surface area contributed by atoms with E-state index in [0.29, 0.717) is 5.75 Å². The van der Waals surface area contributed by atoms with E-state index in [1.807, 2.05) is 51.1 Å². The van der Waals surface area contributed by atoms with Crippen molar-refractivity contribution in [3.05, 3.63) is 54.6 Å². The maximum Gasteiger partial charge on any atom is 0.316 e. The van der Waals surface area contributed by atoms with Gasteiger partial charge in [-0.1, -0.05) is 43.3 Å². The predicted octanol–water partition coefficient (Wildman–Crippen LogP) is 5.33. The molecule has 0 heterocycles. The highest BCUT2D eigenvalue weighted by Crippen LogP contribution is 2.32. The van der Waals surface area contributed by atoms with Crippen LogP contribution in [0.1, 0.15) is 27.2 Å². The van der Waals surface area contributed by atoms with E-state index in [4.69, 9.17) is 4.74 Å². The summed E-state index contributed by atoms with van der Waals surface area (Å²) in [7, 11) is 0. The third-order valence-electron chi connectivity index (χ3n) is 4.35. The first-order valence-corrected chi connectivity index (χ1v) is 7.65. The van der Waals surface area contributed by atoms with Crippen LogP contribution in [0, 0.1) is 5.41 Å². The highest BCUT2D eigenvalue weighted by atomic mass is 16.5. The summed E-state index contributed by atoms with van der Waals surface area (Å²) in [4.78, 5) is 12.4. The van der Waals surface area contributed by atoms with Gasteiger partial charge in [-0.15, -0.1) is 0 Å².